The number of aromatic hydroxyl groups is 1. The summed E-state index contributed by atoms with van der Waals surface area (Å²) >= 11 is 0. The normalized spacial score (nSPS) is 9.59. The minimum atomic E-state index is -0.403. The Morgan fingerprint density at radius 1 is 1.29 bits per heavy atom. The number of nitrogens with zero attached hydrogens (tertiary/aromatic N) is 2. The van der Waals surface area contributed by atoms with Crippen molar-refractivity contribution in [1.29, 1.82) is 5.26 Å². The van der Waals surface area contributed by atoms with Crippen molar-refractivity contribution in [2.24, 2.45) is 0 Å². The summed E-state index contributed by atoms with van der Waals surface area (Å²) in [5.74, 6) is -0.556. The van der Waals surface area contributed by atoms with Crippen molar-refractivity contribution in [2.75, 3.05) is 0 Å². The Hall–Kier alpha value is -2.67. The lowest BCUT2D eigenvalue weighted by atomic mass is 10.0. The molecule has 1 N–H and O–H groups in total. The number of nitriles is 1. The van der Waals surface area contributed by atoms with Gasteiger partial charge in [-0.3, -0.25) is 9.78 Å². The van der Waals surface area contributed by atoms with Crippen molar-refractivity contribution in [3.05, 3.63) is 59.4 Å². The van der Waals surface area contributed by atoms with E-state index < -0.39 is 5.78 Å². The van der Waals surface area contributed by atoms with Crippen LogP contribution < -0.4 is 0 Å². The van der Waals surface area contributed by atoms with Gasteiger partial charge in [0, 0.05) is 6.20 Å². The first-order valence-electron chi connectivity index (χ1n) is 4.91. The van der Waals surface area contributed by atoms with Crippen molar-refractivity contribution >= 4 is 5.78 Å². The van der Waals surface area contributed by atoms with Crippen LogP contribution in [0.15, 0.2) is 42.6 Å². The number of aromatic nitrogens is 1. The lowest BCUT2D eigenvalue weighted by molar-refractivity contribution is 0.103. The monoisotopic (exact) mass is 224 g/mol. The molecule has 2 rings (SSSR count). The zero-order valence-electron chi connectivity index (χ0n) is 8.79. The molecule has 0 unspecified atom stereocenters. The van der Waals surface area contributed by atoms with E-state index in [0.717, 1.165) is 0 Å². The van der Waals surface area contributed by atoms with Gasteiger partial charge in [-0.1, -0.05) is 6.07 Å². The van der Waals surface area contributed by atoms with Crippen LogP contribution in [0.4, 0.5) is 0 Å². The van der Waals surface area contributed by atoms with Crippen molar-refractivity contribution in [3.63, 3.8) is 0 Å². The van der Waals surface area contributed by atoms with Crippen LogP contribution >= 0.6 is 0 Å². The van der Waals surface area contributed by atoms with Crippen molar-refractivity contribution in [2.45, 2.75) is 0 Å². The molecule has 17 heavy (non-hydrogen) atoms. The number of pyridine rings is 1. The zero-order valence-corrected chi connectivity index (χ0v) is 8.79. The molecule has 0 aliphatic carbocycles. The molecule has 0 aliphatic rings. The number of phenolic OH excluding ortho intramolecular Hbond substituents is 1. The van der Waals surface area contributed by atoms with Crippen molar-refractivity contribution in [3.8, 4) is 11.8 Å². The van der Waals surface area contributed by atoms with Gasteiger partial charge in [0.25, 0.3) is 0 Å². The van der Waals surface area contributed by atoms with E-state index >= 15 is 0 Å². The predicted molar refractivity (Wildman–Crippen MR) is 60.5 cm³/mol. The fraction of sp³-hybridized carbons (Fsp3) is 0. The van der Waals surface area contributed by atoms with Crippen molar-refractivity contribution < 1.29 is 9.90 Å². The van der Waals surface area contributed by atoms with Gasteiger partial charge in [0.1, 0.15) is 11.4 Å². The van der Waals surface area contributed by atoms with Gasteiger partial charge in [0.2, 0.25) is 5.78 Å². The van der Waals surface area contributed by atoms with Crippen LogP contribution in [0.25, 0.3) is 0 Å². The molecule has 4 heteroatoms. The highest BCUT2D eigenvalue weighted by atomic mass is 16.3. The number of benzene rings is 1. The third kappa shape index (κ3) is 2.13. The smallest absolute Gasteiger partial charge is 0.215 e. The molecule has 0 spiro atoms. The molecular formula is C13H8N2O2. The molecule has 82 valence electrons. The van der Waals surface area contributed by atoms with Gasteiger partial charge < -0.3 is 5.11 Å². The van der Waals surface area contributed by atoms with Crippen LogP contribution in [0.3, 0.4) is 0 Å². The molecule has 0 fully saturated rings. The molecule has 1 heterocycles. The minimum absolute atomic E-state index is 0.0859. The van der Waals surface area contributed by atoms with Gasteiger partial charge in [-0.15, -0.1) is 0 Å². The number of phenols is 1. The highest BCUT2D eigenvalue weighted by molar-refractivity contribution is 6.09. The van der Waals surface area contributed by atoms with Gasteiger partial charge in [-0.05, 0) is 30.3 Å². The summed E-state index contributed by atoms with van der Waals surface area (Å²) in [4.78, 5) is 15.9. The summed E-state index contributed by atoms with van der Waals surface area (Å²) in [7, 11) is 0. The second-order valence-electron chi connectivity index (χ2n) is 3.39. The largest absolute Gasteiger partial charge is 0.507 e. The average Bonchev–Trinajstić information content (AvgIpc) is 2.39. The van der Waals surface area contributed by atoms with Crippen LogP contribution in [0.2, 0.25) is 0 Å². The summed E-state index contributed by atoms with van der Waals surface area (Å²) in [6.45, 7) is 0. The maximum absolute atomic E-state index is 12.0. The lowest BCUT2D eigenvalue weighted by Gasteiger charge is -2.03. The summed E-state index contributed by atoms with van der Waals surface area (Å²) in [5, 5.41) is 18.4. The second-order valence-corrected chi connectivity index (χ2v) is 3.39. The molecule has 0 aliphatic heterocycles. The second kappa shape index (κ2) is 4.45. The summed E-state index contributed by atoms with van der Waals surface area (Å²) in [6.07, 6.45) is 1.50. The Morgan fingerprint density at radius 3 is 2.76 bits per heavy atom. The van der Waals surface area contributed by atoms with E-state index in [1.165, 1.54) is 24.4 Å². The number of hydrogen-bond donors (Lipinski definition) is 1. The summed E-state index contributed by atoms with van der Waals surface area (Å²) in [6, 6.07) is 11.0. The fourth-order valence-corrected chi connectivity index (χ4v) is 1.42. The molecule has 0 atom stereocenters. The molecular weight excluding hydrogens is 216 g/mol. The fourth-order valence-electron chi connectivity index (χ4n) is 1.42. The van der Waals surface area contributed by atoms with Gasteiger partial charge >= 0.3 is 0 Å². The zero-order chi connectivity index (χ0) is 12.3. The molecule has 1 aromatic heterocycles. The average molecular weight is 224 g/mol. The van der Waals surface area contributed by atoms with Crippen LogP contribution in [-0.4, -0.2) is 15.9 Å². The Morgan fingerprint density at radius 2 is 2.12 bits per heavy atom. The Bertz CT molecular complexity index is 601. The van der Waals surface area contributed by atoms with Gasteiger partial charge in [0.15, 0.2) is 0 Å². The third-order valence-electron chi connectivity index (χ3n) is 2.27. The first-order chi connectivity index (χ1) is 8.22. The van der Waals surface area contributed by atoms with Crippen LogP contribution in [0.1, 0.15) is 21.6 Å². The van der Waals surface area contributed by atoms with Crippen LogP contribution in [0, 0.1) is 11.3 Å². The Balaban J connectivity index is 2.48. The van der Waals surface area contributed by atoms with E-state index in [0.29, 0.717) is 5.56 Å². The van der Waals surface area contributed by atoms with Gasteiger partial charge in [-0.2, -0.15) is 5.26 Å². The van der Waals surface area contributed by atoms with E-state index in [1.807, 2.05) is 6.07 Å². The Labute approximate surface area is 97.8 Å². The van der Waals surface area contributed by atoms with E-state index in [9.17, 15) is 9.90 Å². The van der Waals surface area contributed by atoms with Gasteiger partial charge in [-0.25, -0.2) is 0 Å². The highest BCUT2D eigenvalue weighted by Crippen LogP contribution is 2.20. The van der Waals surface area contributed by atoms with Gasteiger partial charge in [0.05, 0.1) is 17.2 Å². The Kier molecular flexibility index (Phi) is 2.84. The minimum Gasteiger partial charge on any atom is -0.507 e. The number of carbonyl (C=O) groups is 1. The van der Waals surface area contributed by atoms with Crippen LogP contribution in [-0.2, 0) is 0 Å². The molecule has 0 saturated carbocycles. The van der Waals surface area contributed by atoms with E-state index in [1.54, 1.807) is 18.2 Å². The molecule has 0 saturated heterocycles. The van der Waals surface area contributed by atoms with Crippen molar-refractivity contribution in [1.82, 2.24) is 4.98 Å². The standard InChI is InChI=1S/C13H8N2O2/c14-8-9-4-5-12(16)10(7-9)13(17)11-3-1-2-6-15-11/h1-7,16H. The van der Waals surface area contributed by atoms with Crippen LogP contribution in [0.5, 0.6) is 5.75 Å². The summed E-state index contributed by atoms with van der Waals surface area (Å²) < 4.78 is 0. The molecule has 0 radical (unpaired) electrons. The number of rotatable bonds is 2. The third-order valence-corrected chi connectivity index (χ3v) is 2.27. The molecule has 2 aromatic rings. The molecule has 0 bridgehead atoms. The predicted octanol–water partition coefficient (Wildman–Crippen LogP) is 1.89. The highest BCUT2D eigenvalue weighted by Gasteiger charge is 2.14. The lowest BCUT2D eigenvalue weighted by Crippen LogP contribution is -2.04. The number of ketones is 1. The van der Waals surface area contributed by atoms with E-state index in [4.69, 9.17) is 5.26 Å². The van der Waals surface area contributed by atoms with E-state index in [2.05, 4.69) is 4.98 Å². The molecule has 1 aromatic carbocycles. The summed E-state index contributed by atoms with van der Waals surface area (Å²) in [5.41, 5.74) is 0.641. The number of carbonyl (C=O) groups excluding carboxylic acids is 1. The maximum Gasteiger partial charge on any atom is 0.215 e. The quantitative estimate of drug-likeness (QED) is 0.790. The number of hydrogen-bond acceptors (Lipinski definition) is 4. The molecule has 0 amide bonds. The maximum atomic E-state index is 12.0. The first-order valence-corrected chi connectivity index (χ1v) is 4.91. The topological polar surface area (TPSA) is 74.0 Å². The SMILES string of the molecule is N#Cc1ccc(O)c(C(=O)c2ccccn2)c1. The van der Waals surface area contributed by atoms with E-state index in [-0.39, 0.29) is 17.0 Å². The molecule has 4 nitrogen and oxygen atoms in total. The first kappa shape index (κ1) is 10.8.